The van der Waals surface area contributed by atoms with E-state index >= 15 is 0 Å². The molecule has 1 fully saturated rings. The maximum atomic E-state index is 13.9. The molecule has 0 N–H and O–H groups in total. The minimum Gasteiger partial charge on any atom is -0.489 e. The molecule has 33 heavy (non-hydrogen) atoms. The summed E-state index contributed by atoms with van der Waals surface area (Å²) < 4.78 is 19.8. The molecule has 0 aliphatic carbocycles. The fourth-order valence-electron chi connectivity index (χ4n) is 3.05. The lowest BCUT2D eigenvalue weighted by Crippen LogP contribution is -2.27. The van der Waals surface area contributed by atoms with E-state index in [4.69, 9.17) is 28.6 Å². The first kappa shape index (κ1) is 22.9. The Kier molecular flexibility index (Phi) is 6.73. The number of thioether (sulfide) groups is 1. The average molecular weight is 501 g/mol. The molecular formula is C23H14ClFN2O4S2. The van der Waals surface area contributed by atoms with Gasteiger partial charge in [-0.15, -0.1) is 0 Å². The van der Waals surface area contributed by atoms with Gasteiger partial charge in [0.15, 0.2) is 4.32 Å². The van der Waals surface area contributed by atoms with E-state index in [0.717, 1.165) is 17.3 Å². The number of benzene rings is 3. The van der Waals surface area contributed by atoms with E-state index in [-0.39, 0.29) is 23.8 Å². The van der Waals surface area contributed by atoms with Crippen LogP contribution in [-0.2, 0) is 11.4 Å². The Morgan fingerprint density at radius 1 is 1.12 bits per heavy atom. The van der Waals surface area contributed by atoms with E-state index in [1.54, 1.807) is 36.4 Å². The van der Waals surface area contributed by atoms with Crippen molar-refractivity contribution in [3.63, 3.8) is 0 Å². The summed E-state index contributed by atoms with van der Waals surface area (Å²) in [5.74, 6) is -0.229. The lowest BCUT2D eigenvalue weighted by Gasteiger charge is -2.13. The fourth-order valence-corrected chi connectivity index (χ4v) is 4.57. The predicted octanol–water partition coefficient (Wildman–Crippen LogP) is 6.37. The van der Waals surface area contributed by atoms with Gasteiger partial charge in [0.05, 0.1) is 20.5 Å². The van der Waals surface area contributed by atoms with E-state index in [2.05, 4.69) is 0 Å². The number of anilines is 1. The van der Waals surface area contributed by atoms with Crippen molar-refractivity contribution in [2.24, 2.45) is 0 Å². The molecule has 166 valence electrons. The number of hydrogen-bond acceptors (Lipinski definition) is 6. The van der Waals surface area contributed by atoms with E-state index in [9.17, 15) is 19.3 Å². The Morgan fingerprint density at radius 3 is 2.45 bits per heavy atom. The summed E-state index contributed by atoms with van der Waals surface area (Å²) in [5, 5.41) is 11.1. The van der Waals surface area contributed by atoms with Crippen molar-refractivity contribution < 1.29 is 18.8 Å². The summed E-state index contributed by atoms with van der Waals surface area (Å²) in [5.41, 5.74) is 1.41. The van der Waals surface area contributed by atoms with Crippen LogP contribution in [0.15, 0.2) is 71.6 Å². The molecule has 0 bridgehead atoms. The standard InChI is InChI=1S/C23H14ClFN2O4S2/c24-19-2-1-3-20(25)18(19)13-31-17-10-4-14(5-11-17)12-21-22(28)26(23(32)33-21)15-6-8-16(9-7-15)27(29)30/h1-12H,13H2/b21-12+. The molecule has 0 saturated carbocycles. The van der Waals surface area contributed by atoms with Gasteiger partial charge in [0, 0.05) is 17.7 Å². The van der Waals surface area contributed by atoms with Crippen LogP contribution < -0.4 is 9.64 Å². The molecule has 3 aromatic carbocycles. The normalized spacial score (nSPS) is 14.7. The summed E-state index contributed by atoms with van der Waals surface area (Å²) in [6, 6.07) is 17.0. The summed E-state index contributed by atoms with van der Waals surface area (Å²) in [6.07, 6.45) is 1.70. The highest BCUT2D eigenvalue weighted by Gasteiger charge is 2.33. The summed E-state index contributed by atoms with van der Waals surface area (Å²) in [7, 11) is 0. The molecular weight excluding hydrogens is 487 g/mol. The Bertz CT molecular complexity index is 1260. The number of thiocarbonyl (C=S) groups is 1. The van der Waals surface area contributed by atoms with Crippen LogP contribution in [0.4, 0.5) is 15.8 Å². The van der Waals surface area contributed by atoms with Crippen molar-refractivity contribution in [1.29, 1.82) is 0 Å². The van der Waals surface area contributed by atoms with Crippen LogP contribution >= 0.6 is 35.6 Å². The molecule has 0 atom stereocenters. The minimum absolute atomic E-state index is 0.0151. The number of non-ortho nitro benzene ring substituents is 1. The third-order valence-electron chi connectivity index (χ3n) is 4.74. The van der Waals surface area contributed by atoms with Crippen molar-refractivity contribution in [2.45, 2.75) is 6.61 Å². The Morgan fingerprint density at radius 2 is 1.82 bits per heavy atom. The van der Waals surface area contributed by atoms with E-state index < -0.39 is 10.7 Å². The molecule has 1 aliphatic rings. The van der Waals surface area contributed by atoms with Crippen molar-refractivity contribution >= 4 is 63.3 Å². The summed E-state index contributed by atoms with van der Waals surface area (Å²) in [4.78, 5) is 25.0. The van der Waals surface area contributed by atoms with Gasteiger partial charge >= 0.3 is 0 Å². The van der Waals surface area contributed by atoms with Crippen LogP contribution in [0.25, 0.3) is 6.08 Å². The van der Waals surface area contributed by atoms with Gasteiger partial charge in [0.25, 0.3) is 11.6 Å². The third-order valence-corrected chi connectivity index (χ3v) is 6.39. The molecule has 1 saturated heterocycles. The highest BCUT2D eigenvalue weighted by Crippen LogP contribution is 2.36. The fraction of sp³-hybridized carbons (Fsp3) is 0.0435. The van der Waals surface area contributed by atoms with Crippen molar-refractivity contribution in [3.05, 3.63) is 104 Å². The SMILES string of the molecule is O=C1/C(=C\c2ccc(OCc3c(F)cccc3Cl)cc2)SC(=S)N1c1ccc([N+](=O)[O-])cc1. The molecule has 3 aromatic rings. The van der Waals surface area contributed by atoms with Gasteiger partial charge in [-0.3, -0.25) is 19.8 Å². The number of rotatable bonds is 6. The monoisotopic (exact) mass is 500 g/mol. The largest absolute Gasteiger partial charge is 0.489 e. The molecule has 1 heterocycles. The van der Waals surface area contributed by atoms with E-state index in [1.807, 2.05) is 0 Å². The number of carbonyl (C=O) groups is 1. The number of nitrogens with zero attached hydrogens (tertiary/aromatic N) is 2. The van der Waals surface area contributed by atoms with Crippen LogP contribution in [-0.4, -0.2) is 15.2 Å². The zero-order chi connectivity index (χ0) is 23.5. The third kappa shape index (κ3) is 5.05. The number of hydrogen-bond donors (Lipinski definition) is 0. The average Bonchev–Trinajstić information content (AvgIpc) is 3.07. The van der Waals surface area contributed by atoms with Crippen molar-refractivity contribution in [2.75, 3.05) is 4.90 Å². The van der Waals surface area contributed by atoms with Gasteiger partial charge in [0.2, 0.25) is 0 Å². The Labute approximate surface area is 202 Å². The second-order valence-electron chi connectivity index (χ2n) is 6.85. The summed E-state index contributed by atoms with van der Waals surface area (Å²) in [6.45, 7) is -0.0151. The first-order valence-corrected chi connectivity index (χ1v) is 11.1. The van der Waals surface area contributed by atoms with Gasteiger partial charge < -0.3 is 4.74 Å². The second kappa shape index (κ2) is 9.70. The van der Waals surface area contributed by atoms with Gasteiger partial charge in [-0.2, -0.15) is 0 Å². The lowest BCUT2D eigenvalue weighted by molar-refractivity contribution is -0.384. The first-order valence-electron chi connectivity index (χ1n) is 9.51. The zero-order valence-corrected chi connectivity index (χ0v) is 19.1. The van der Waals surface area contributed by atoms with Crippen molar-refractivity contribution in [3.8, 4) is 5.75 Å². The number of nitro groups is 1. The molecule has 4 rings (SSSR count). The lowest BCUT2D eigenvalue weighted by atomic mass is 10.2. The molecule has 10 heteroatoms. The zero-order valence-electron chi connectivity index (χ0n) is 16.7. The molecule has 0 radical (unpaired) electrons. The number of ether oxygens (including phenoxy) is 1. The number of amides is 1. The highest BCUT2D eigenvalue weighted by molar-refractivity contribution is 8.27. The van der Waals surface area contributed by atoms with Gasteiger partial charge in [0.1, 0.15) is 18.2 Å². The topological polar surface area (TPSA) is 72.7 Å². The van der Waals surface area contributed by atoms with Crippen LogP contribution in [0.2, 0.25) is 5.02 Å². The Hall–Kier alpha value is -3.27. The van der Waals surface area contributed by atoms with Gasteiger partial charge in [-0.1, -0.05) is 53.8 Å². The van der Waals surface area contributed by atoms with Gasteiger partial charge in [-0.25, -0.2) is 4.39 Å². The molecule has 0 unspecified atom stereocenters. The minimum atomic E-state index is -0.508. The maximum absolute atomic E-state index is 13.9. The maximum Gasteiger partial charge on any atom is 0.270 e. The second-order valence-corrected chi connectivity index (χ2v) is 8.93. The molecule has 1 amide bonds. The molecule has 0 aromatic heterocycles. The quantitative estimate of drug-likeness (QED) is 0.169. The first-order chi connectivity index (χ1) is 15.8. The summed E-state index contributed by atoms with van der Waals surface area (Å²) >= 11 is 12.5. The smallest absolute Gasteiger partial charge is 0.270 e. The predicted molar refractivity (Wildman–Crippen MR) is 131 cm³/mol. The van der Waals surface area contributed by atoms with Gasteiger partial charge in [-0.05, 0) is 48.0 Å². The van der Waals surface area contributed by atoms with Crippen LogP contribution in [0.1, 0.15) is 11.1 Å². The number of halogens is 2. The number of carbonyl (C=O) groups excluding carboxylic acids is 1. The molecule has 6 nitrogen and oxygen atoms in total. The van der Waals surface area contributed by atoms with Crippen LogP contribution in [0.5, 0.6) is 5.75 Å². The Balaban J connectivity index is 1.46. The molecule has 0 spiro atoms. The van der Waals surface area contributed by atoms with Crippen LogP contribution in [0.3, 0.4) is 0 Å². The molecule has 1 aliphatic heterocycles. The van der Waals surface area contributed by atoms with E-state index in [1.165, 1.54) is 41.3 Å². The van der Waals surface area contributed by atoms with Crippen LogP contribution in [0, 0.1) is 15.9 Å². The van der Waals surface area contributed by atoms with Crippen molar-refractivity contribution in [1.82, 2.24) is 0 Å². The van der Waals surface area contributed by atoms with E-state index in [0.29, 0.717) is 25.7 Å². The number of nitro benzene ring substituents is 1. The highest BCUT2D eigenvalue weighted by atomic mass is 35.5.